The fourth-order valence-corrected chi connectivity index (χ4v) is 3.69. The third-order valence-electron chi connectivity index (χ3n) is 5.36. The van der Waals surface area contributed by atoms with Crippen LogP contribution in [0.3, 0.4) is 0 Å². The Hall–Kier alpha value is -2.82. The molecule has 1 N–H and O–H groups in total. The number of likely N-dealkylation sites (tertiary alicyclic amines) is 1. The van der Waals surface area contributed by atoms with Gasteiger partial charge in [0.2, 0.25) is 5.91 Å². The highest BCUT2D eigenvalue weighted by molar-refractivity contribution is 5.89. The van der Waals surface area contributed by atoms with Gasteiger partial charge in [-0.2, -0.15) is 0 Å². The zero-order valence-corrected chi connectivity index (χ0v) is 16.0. The molecule has 0 unspecified atom stereocenters. The second-order valence-corrected chi connectivity index (χ2v) is 7.59. The van der Waals surface area contributed by atoms with Crippen LogP contribution in [0.2, 0.25) is 0 Å². The molecule has 4 rings (SSSR count). The van der Waals surface area contributed by atoms with Crippen LogP contribution in [0.15, 0.2) is 54.6 Å². The van der Waals surface area contributed by atoms with Crippen molar-refractivity contribution in [2.24, 2.45) is 0 Å². The Morgan fingerprint density at radius 2 is 1.75 bits per heavy atom. The molecule has 1 heterocycles. The molecule has 1 aliphatic heterocycles. The van der Waals surface area contributed by atoms with Crippen molar-refractivity contribution in [2.75, 3.05) is 13.2 Å². The molecule has 146 valence electrons. The monoisotopic (exact) mass is 378 g/mol. The van der Waals surface area contributed by atoms with E-state index in [1.54, 1.807) is 4.90 Å². The lowest BCUT2D eigenvalue weighted by Gasteiger charge is -2.24. The number of rotatable bonds is 7. The minimum Gasteiger partial charge on any atom is -0.483 e. The summed E-state index contributed by atoms with van der Waals surface area (Å²) in [6.07, 6.45) is 4.44. The summed E-state index contributed by atoms with van der Waals surface area (Å²) in [6, 6.07) is 18.0. The lowest BCUT2D eigenvalue weighted by atomic mass is 10.0. The molecule has 5 nitrogen and oxygen atoms in total. The second kappa shape index (κ2) is 8.46. The Morgan fingerprint density at radius 3 is 2.54 bits per heavy atom. The first-order valence-corrected chi connectivity index (χ1v) is 10.0. The molecule has 2 aromatic rings. The second-order valence-electron chi connectivity index (χ2n) is 7.59. The van der Waals surface area contributed by atoms with Crippen molar-refractivity contribution in [3.05, 3.63) is 65.7 Å². The number of nitrogens with one attached hydrogen (secondary N) is 1. The van der Waals surface area contributed by atoms with Crippen molar-refractivity contribution >= 4 is 11.8 Å². The SMILES string of the molecule is O=C(NC1CC1)[C@@H]1CCCN1C(=O)COc1ccccc1Cc1ccccc1. The smallest absolute Gasteiger partial charge is 0.261 e. The lowest BCUT2D eigenvalue weighted by molar-refractivity contribution is -0.140. The Kier molecular flexibility index (Phi) is 5.60. The molecular formula is C23H26N2O3. The van der Waals surface area contributed by atoms with Crippen LogP contribution >= 0.6 is 0 Å². The van der Waals surface area contributed by atoms with E-state index >= 15 is 0 Å². The summed E-state index contributed by atoms with van der Waals surface area (Å²) in [6.45, 7) is 0.579. The number of carbonyl (C=O) groups excluding carboxylic acids is 2. The summed E-state index contributed by atoms with van der Waals surface area (Å²) >= 11 is 0. The van der Waals surface area contributed by atoms with E-state index in [2.05, 4.69) is 17.4 Å². The number of para-hydroxylation sites is 1. The van der Waals surface area contributed by atoms with Crippen molar-refractivity contribution in [2.45, 2.75) is 44.2 Å². The van der Waals surface area contributed by atoms with Gasteiger partial charge in [-0.3, -0.25) is 9.59 Å². The standard InChI is InChI=1S/C23H26N2O3/c26-22(25-14-6-10-20(25)23(27)24-19-12-13-19)16-28-21-11-5-4-9-18(21)15-17-7-2-1-3-8-17/h1-5,7-9,11,19-20H,6,10,12-16H2,(H,24,27)/t20-/m0/s1. The van der Waals surface area contributed by atoms with Crippen LogP contribution in [-0.4, -0.2) is 41.9 Å². The van der Waals surface area contributed by atoms with Gasteiger partial charge >= 0.3 is 0 Å². The Labute approximate surface area is 165 Å². The molecule has 0 bridgehead atoms. The van der Waals surface area contributed by atoms with E-state index in [4.69, 9.17) is 4.74 Å². The van der Waals surface area contributed by atoms with Crippen molar-refractivity contribution < 1.29 is 14.3 Å². The van der Waals surface area contributed by atoms with Crippen LogP contribution in [0, 0.1) is 0 Å². The molecule has 5 heteroatoms. The van der Waals surface area contributed by atoms with E-state index in [-0.39, 0.29) is 24.5 Å². The van der Waals surface area contributed by atoms with Gasteiger partial charge < -0.3 is 15.0 Å². The van der Waals surface area contributed by atoms with Gasteiger partial charge in [0.25, 0.3) is 5.91 Å². The summed E-state index contributed by atoms with van der Waals surface area (Å²) in [5.41, 5.74) is 2.24. The Morgan fingerprint density at radius 1 is 1.00 bits per heavy atom. The van der Waals surface area contributed by atoms with E-state index in [1.807, 2.05) is 42.5 Å². The molecule has 1 aliphatic carbocycles. The molecule has 1 atom stereocenters. The van der Waals surface area contributed by atoms with Crippen LogP contribution in [0.4, 0.5) is 0 Å². The van der Waals surface area contributed by atoms with E-state index in [1.165, 1.54) is 5.56 Å². The normalized spacial score (nSPS) is 18.7. The fourth-order valence-electron chi connectivity index (χ4n) is 3.69. The third kappa shape index (κ3) is 4.53. The topological polar surface area (TPSA) is 58.6 Å². The molecule has 0 aromatic heterocycles. The highest BCUT2D eigenvalue weighted by Crippen LogP contribution is 2.24. The summed E-state index contributed by atoms with van der Waals surface area (Å²) < 4.78 is 5.88. The molecule has 28 heavy (non-hydrogen) atoms. The summed E-state index contributed by atoms with van der Waals surface area (Å²) in [7, 11) is 0. The van der Waals surface area contributed by atoms with Crippen LogP contribution in [0.1, 0.15) is 36.8 Å². The maximum Gasteiger partial charge on any atom is 0.261 e. The lowest BCUT2D eigenvalue weighted by Crippen LogP contribution is -2.47. The van der Waals surface area contributed by atoms with Crippen molar-refractivity contribution in [1.82, 2.24) is 10.2 Å². The quantitative estimate of drug-likeness (QED) is 0.806. The summed E-state index contributed by atoms with van der Waals surface area (Å²) in [4.78, 5) is 26.8. The number of ether oxygens (including phenoxy) is 1. The summed E-state index contributed by atoms with van der Waals surface area (Å²) in [5.74, 6) is 0.582. The van der Waals surface area contributed by atoms with Gasteiger partial charge in [0.05, 0.1) is 0 Å². The highest BCUT2D eigenvalue weighted by atomic mass is 16.5. The predicted molar refractivity (Wildman–Crippen MR) is 107 cm³/mol. The average Bonchev–Trinajstić information content (AvgIpc) is 3.39. The zero-order valence-electron chi connectivity index (χ0n) is 16.0. The number of hydrogen-bond donors (Lipinski definition) is 1. The van der Waals surface area contributed by atoms with Gasteiger partial charge in [-0.1, -0.05) is 48.5 Å². The number of hydrogen-bond acceptors (Lipinski definition) is 3. The molecular weight excluding hydrogens is 352 g/mol. The Balaban J connectivity index is 1.37. The zero-order chi connectivity index (χ0) is 19.3. The number of carbonyl (C=O) groups is 2. The average molecular weight is 378 g/mol. The van der Waals surface area contributed by atoms with E-state index in [9.17, 15) is 9.59 Å². The minimum absolute atomic E-state index is 0.0159. The van der Waals surface area contributed by atoms with Crippen LogP contribution in [0.25, 0.3) is 0 Å². The highest BCUT2D eigenvalue weighted by Gasteiger charge is 2.36. The maximum atomic E-state index is 12.7. The largest absolute Gasteiger partial charge is 0.483 e. The van der Waals surface area contributed by atoms with Gasteiger partial charge in [-0.15, -0.1) is 0 Å². The van der Waals surface area contributed by atoms with Crippen LogP contribution in [-0.2, 0) is 16.0 Å². The first-order chi connectivity index (χ1) is 13.7. The van der Waals surface area contributed by atoms with Crippen LogP contribution in [0.5, 0.6) is 5.75 Å². The predicted octanol–water partition coefficient (Wildman–Crippen LogP) is 2.93. The fraction of sp³-hybridized carbons (Fsp3) is 0.391. The van der Waals surface area contributed by atoms with Gasteiger partial charge in [-0.05, 0) is 42.9 Å². The van der Waals surface area contributed by atoms with Gasteiger partial charge in [0.15, 0.2) is 6.61 Å². The molecule has 2 amide bonds. The molecule has 2 fully saturated rings. The Bertz CT molecular complexity index is 833. The molecule has 1 saturated carbocycles. The number of benzene rings is 2. The molecule has 0 spiro atoms. The van der Waals surface area contributed by atoms with Crippen molar-refractivity contribution in [3.8, 4) is 5.75 Å². The van der Waals surface area contributed by atoms with Gasteiger partial charge in [0.1, 0.15) is 11.8 Å². The van der Waals surface area contributed by atoms with Crippen LogP contribution < -0.4 is 10.1 Å². The van der Waals surface area contributed by atoms with Gasteiger partial charge in [-0.25, -0.2) is 0 Å². The first kappa shape index (κ1) is 18.5. The van der Waals surface area contributed by atoms with E-state index in [0.29, 0.717) is 12.6 Å². The molecule has 1 saturated heterocycles. The van der Waals surface area contributed by atoms with Crippen molar-refractivity contribution in [1.29, 1.82) is 0 Å². The molecule has 2 aromatic carbocycles. The molecule has 0 radical (unpaired) electrons. The third-order valence-corrected chi connectivity index (χ3v) is 5.36. The van der Waals surface area contributed by atoms with E-state index < -0.39 is 0 Å². The maximum absolute atomic E-state index is 12.7. The number of amides is 2. The number of nitrogens with zero attached hydrogens (tertiary/aromatic N) is 1. The van der Waals surface area contributed by atoms with Crippen molar-refractivity contribution in [3.63, 3.8) is 0 Å². The minimum atomic E-state index is -0.351. The molecule has 2 aliphatic rings. The first-order valence-electron chi connectivity index (χ1n) is 10.0. The van der Waals surface area contributed by atoms with Gasteiger partial charge in [0, 0.05) is 19.0 Å². The van der Waals surface area contributed by atoms with E-state index in [0.717, 1.165) is 43.4 Å². The summed E-state index contributed by atoms with van der Waals surface area (Å²) in [5, 5.41) is 3.02.